The fourth-order valence-electron chi connectivity index (χ4n) is 1.21. The van der Waals surface area contributed by atoms with E-state index in [0.29, 0.717) is 0 Å². The van der Waals surface area contributed by atoms with Crippen molar-refractivity contribution in [2.75, 3.05) is 13.2 Å². The summed E-state index contributed by atoms with van der Waals surface area (Å²) in [5.41, 5.74) is 0.748. The highest BCUT2D eigenvalue weighted by Crippen LogP contribution is 2.49. The lowest BCUT2D eigenvalue weighted by Gasteiger charge is -2.17. The van der Waals surface area contributed by atoms with Crippen LogP contribution < -0.4 is 4.52 Å². The molecular weight excluding hydrogens is 246 g/mol. The first-order valence-corrected chi connectivity index (χ1v) is 6.81. The second kappa shape index (κ2) is 6.15. The molecule has 1 aromatic carbocycles. The average Bonchev–Trinajstić information content (AvgIpc) is 2.23. The summed E-state index contributed by atoms with van der Waals surface area (Å²) in [5, 5.41) is 0. The highest BCUT2D eigenvalue weighted by molar-refractivity contribution is 7.48. The molecule has 4 nitrogen and oxygen atoms in total. The fraction of sp³-hybridized carbons (Fsp3) is 0.455. The summed E-state index contributed by atoms with van der Waals surface area (Å²) in [6.07, 6.45) is 0. The number of hydrogen-bond donors (Lipinski definition) is 0. The van der Waals surface area contributed by atoms with Gasteiger partial charge >= 0.3 is 7.82 Å². The smallest absolute Gasteiger partial charge is 0.401 e. The van der Waals surface area contributed by atoms with E-state index in [9.17, 15) is 8.96 Å². The predicted molar refractivity (Wildman–Crippen MR) is 62.6 cm³/mol. The van der Waals surface area contributed by atoms with Gasteiger partial charge in [-0.25, -0.2) is 8.96 Å². The first kappa shape index (κ1) is 14.2. The lowest BCUT2D eigenvalue weighted by Crippen LogP contribution is -2.03. The molecule has 0 aliphatic carbocycles. The van der Waals surface area contributed by atoms with Crippen molar-refractivity contribution in [2.45, 2.75) is 20.8 Å². The molecule has 1 rings (SSSR count). The van der Waals surface area contributed by atoms with Crippen LogP contribution in [-0.4, -0.2) is 13.2 Å². The molecule has 0 aromatic heterocycles. The molecule has 0 radical (unpaired) electrons. The van der Waals surface area contributed by atoms with Crippen LogP contribution in [0.15, 0.2) is 18.2 Å². The van der Waals surface area contributed by atoms with Crippen molar-refractivity contribution in [1.82, 2.24) is 0 Å². The summed E-state index contributed by atoms with van der Waals surface area (Å²) >= 11 is 0. The summed E-state index contributed by atoms with van der Waals surface area (Å²) in [6, 6.07) is 4.34. The van der Waals surface area contributed by atoms with E-state index in [1.54, 1.807) is 26.8 Å². The number of rotatable bonds is 6. The van der Waals surface area contributed by atoms with E-state index in [1.807, 2.05) is 0 Å². The van der Waals surface area contributed by atoms with Crippen LogP contribution in [0, 0.1) is 12.7 Å². The van der Waals surface area contributed by atoms with Gasteiger partial charge in [0.15, 0.2) is 11.6 Å². The van der Waals surface area contributed by atoms with Crippen LogP contribution >= 0.6 is 7.82 Å². The molecule has 0 saturated carbocycles. The monoisotopic (exact) mass is 262 g/mol. The molecule has 0 N–H and O–H groups in total. The van der Waals surface area contributed by atoms with Crippen LogP contribution in [0.2, 0.25) is 0 Å². The van der Waals surface area contributed by atoms with Gasteiger partial charge in [-0.2, -0.15) is 0 Å². The molecule has 96 valence electrons. The zero-order valence-electron chi connectivity index (χ0n) is 10.1. The summed E-state index contributed by atoms with van der Waals surface area (Å²) in [5.74, 6) is -0.731. The highest BCUT2D eigenvalue weighted by atomic mass is 31.2. The van der Waals surface area contributed by atoms with Gasteiger partial charge in [0, 0.05) is 0 Å². The molecule has 0 atom stereocenters. The molecule has 0 unspecified atom stereocenters. The molecule has 0 bridgehead atoms. The summed E-state index contributed by atoms with van der Waals surface area (Å²) in [4.78, 5) is 0. The molecular formula is C11H16FO4P. The lowest BCUT2D eigenvalue weighted by atomic mass is 10.2. The first-order chi connectivity index (χ1) is 8.00. The van der Waals surface area contributed by atoms with Gasteiger partial charge in [0.25, 0.3) is 0 Å². The van der Waals surface area contributed by atoms with Crippen LogP contribution in [0.1, 0.15) is 19.4 Å². The summed E-state index contributed by atoms with van der Waals surface area (Å²) < 4.78 is 40.3. The van der Waals surface area contributed by atoms with E-state index in [0.717, 1.165) is 5.56 Å². The van der Waals surface area contributed by atoms with Gasteiger partial charge in [-0.1, -0.05) is 6.07 Å². The maximum absolute atomic E-state index is 13.5. The summed E-state index contributed by atoms with van der Waals surface area (Å²) in [6.45, 7) is 5.37. The Morgan fingerprint density at radius 1 is 1.24 bits per heavy atom. The Balaban J connectivity index is 2.89. The lowest BCUT2D eigenvalue weighted by molar-refractivity contribution is 0.166. The van der Waals surface area contributed by atoms with Gasteiger partial charge in [0.2, 0.25) is 0 Å². The number of phosphoric acid groups is 1. The maximum atomic E-state index is 13.5. The maximum Gasteiger partial charge on any atom is 0.530 e. The zero-order valence-corrected chi connectivity index (χ0v) is 11.0. The van der Waals surface area contributed by atoms with Crippen LogP contribution in [0.4, 0.5) is 4.39 Å². The van der Waals surface area contributed by atoms with Crippen molar-refractivity contribution >= 4 is 7.82 Å². The third-order valence-electron chi connectivity index (χ3n) is 1.87. The van der Waals surface area contributed by atoms with Crippen LogP contribution in [-0.2, 0) is 13.6 Å². The average molecular weight is 262 g/mol. The van der Waals surface area contributed by atoms with Crippen molar-refractivity contribution in [2.24, 2.45) is 0 Å². The quantitative estimate of drug-likeness (QED) is 0.733. The van der Waals surface area contributed by atoms with Crippen LogP contribution in [0.3, 0.4) is 0 Å². The molecule has 0 heterocycles. The van der Waals surface area contributed by atoms with Gasteiger partial charge < -0.3 is 4.52 Å². The Labute approximate surface area is 100 Å². The Bertz CT molecular complexity index is 412. The third kappa shape index (κ3) is 4.11. The molecule has 1 aromatic rings. The topological polar surface area (TPSA) is 44.8 Å². The molecule has 0 aliphatic rings. The Morgan fingerprint density at radius 2 is 1.82 bits per heavy atom. The molecule has 0 amide bonds. The molecule has 6 heteroatoms. The minimum Gasteiger partial charge on any atom is -0.401 e. The van der Waals surface area contributed by atoms with Gasteiger partial charge in [-0.3, -0.25) is 9.05 Å². The number of halogens is 1. The first-order valence-electron chi connectivity index (χ1n) is 5.35. The minimum atomic E-state index is -3.72. The van der Waals surface area contributed by atoms with Crippen molar-refractivity contribution in [3.63, 3.8) is 0 Å². The largest absolute Gasteiger partial charge is 0.530 e. The molecule has 0 spiro atoms. The van der Waals surface area contributed by atoms with E-state index < -0.39 is 13.6 Å². The Morgan fingerprint density at radius 3 is 2.29 bits per heavy atom. The van der Waals surface area contributed by atoms with E-state index in [2.05, 4.69) is 0 Å². The van der Waals surface area contributed by atoms with Crippen LogP contribution in [0.25, 0.3) is 0 Å². The number of phosphoric ester groups is 1. The van der Waals surface area contributed by atoms with Crippen molar-refractivity contribution < 1.29 is 22.5 Å². The van der Waals surface area contributed by atoms with E-state index in [-0.39, 0.29) is 19.0 Å². The van der Waals surface area contributed by atoms with Gasteiger partial charge in [-0.05, 0) is 38.5 Å². The number of aryl methyl sites for hydroxylation is 1. The van der Waals surface area contributed by atoms with Gasteiger partial charge in [0.05, 0.1) is 13.2 Å². The third-order valence-corrected chi connectivity index (χ3v) is 3.44. The van der Waals surface area contributed by atoms with Crippen molar-refractivity contribution in [3.05, 3.63) is 29.6 Å². The molecule has 0 aliphatic heterocycles. The zero-order chi connectivity index (χ0) is 12.9. The fourth-order valence-corrected chi connectivity index (χ4v) is 2.41. The predicted octanol–water partition coefficient (Wildman–Crippen LogP) is 3.69. The van der Waals surface area contributed by atoms with Crippen molar-refractivity contribution in [1.29, 1.82) is 0 Å². The minimum absolute atomic E-state index is 0.138. The molecule has 0 fully saturated rings. The highest BCUT2D eigenvalue weighted by Gasteiger charge is 2.28. The van der Waals surface area contributed by atoms with Crippen LogP contribution in [0.5, 0.6) is 5.75 Å². The van der Waals surface area contributed by atoms with E-state index >= 15 is 0 Å². The number of hydrogen-bond acceptors (Lipinski definition) is 4. The Hall–Kier alpha value is -0.900. The Kier molecular flexibility index (Phi) is 5.12. The van der Waals surface area contributed by atoms with Crippen molar-refractivity contribution in [3.8, 4) is 5.75 Å². The second-order valence-electron chi connectivity index (χ2n) is 3.31. The van der Waals surface area contributed by atoms with E-state index in [4.69, 9.17) is 13.6 Å². The summed E-state index contributed by atoms with van der Waals surface area (Å²) in [7, 11) is -3.72. The second-order valence-corrected chi connectivity index (χ2v) is 4.90. The van der Waals surface area contributed by atoms with Gasteiger partial charge in [-0.15, -0.1) is 0 Å². The standard InChI is InChI=1S/C11H16FO4P/c1-4-14-17(13,15-5-2)16-11-7-6-9(3)8-10(11)12/h6-8H,4-5H2,1-3H3. The molecule has 0 saturated heterocycles. The molecule has 17 heavy (non-hydrogen) atoms. The van der Waals surface area contributed by atoms with Gasteiger partial charge in [0.1, 0.15) is 0 Å². The number of benzene rings is 1. The SMILES string of the molecule is CCOP(=O)(OCC)Oc1ccc(C)cc1F. The van der Waals surface area contributed by atoms with E-state index in [1.165, 1.54) is 12.1 Å². The normalized spacial score (nSPS) is 11.5.